The maximum Gasteiger partial charge on any atom is -0.0809 e. The molecule has 6 aromatic carbocycles. The molecule has 0 spiro atoms. The molecule has 0 aliphatic heterocycles. The predicted octanol–water partition coefficient (Wildman–Crippen LogP) is 6.88. The summed E-state index contributed by atoms with van der Waals surface area (Å²) >= 11 is 1.30. The second kappa shape index (κ2) is 17.0. The minimum atomic E-state index is -4.28. The Bertz CT molecular complexity index is 1710. The Morgan fingerprint density at radius 1 is 0.524 bits per heavy atom. The van der Waals surface area contributed by atoms with Gasteiger partial charge in [-0.25, -0.2) is 16.8 Å². The fourth-order valence-corrected chi connectivity index (χ4v) is 5.23. The molecule has 6 nitrogen and oxygen atoms in total. The Labute approximate surface area is 262 Å². The van der Waals surface area contributed by atoms with Gasteiger partial charge in [0.25, 0.3) is 0 Å². The van der Waals surface area contributed by atoms with Crippen molar-refractivity contribution < 1.29 is 50.2 Å². The Kier molecular flexibility index (Phi) is 14.1. The quantitative estimate of drug-likeness (QED) is 0.146. The molecule has 0 saturated carbocycles. The van der Waals surface area contributed by atoms with Gasteiger partial charge in [-0.15, -0.1) is 59.3 Å². The molecule has 0 atom stereocenters. The zero-order chi connectivity index (χ0) is 31.2. The second-order valence-corrected chi connectivity index (χ2v) is 11.4. The van der Waals surface area contributed by atoms with Crippen LogP contribution in [0.3, 0.4) is 0 Å². The molecular formula is C33H30O6S2Zr-2. The molecule has 0 bridgehead atoms. The van der Waals surface area contributed by atoms with Gasteiger partial charge in [-0.3, -0.25) is 0 Å². The summed E-state index contributed by atoms with van der Waals surface area (Å²) in [7, 11) is -8.57. The molecule has 0 saturated heterocycles. The molecule has 0 aromatic heterocycles. The maximum absolute atomic E-state index is 10.5. The minimum Gasteiger partial charge on any atom is -0.168 e. The molecule has 0 N–H and O–H groups in total. The van der Waals surface area contributed by atoms with Crippen LogP contribution in [0.1, 0.15) is 11.1 Å². The van der Waals surface area contributed by atoms with E-state index in [2.05, 4.69) is 89.1 Å². The molecule has 6 rings (SSSR count). The molecule has 6 aromatic rings. The summed E-state index contributed by atoms with van der Waals surface area (Å²) in [5.74, 6) is 0. The van der Waals surface area contributed by atoms with Crippen molar-refractivity contribution in [1.82, 2.24) is 0 Å². The van der Waals surface area contributed by atoms with Gasteiger partial charge < -0.3 is 9.11 Å². The molecule has 0 heterocycles. The van der Waals surface area contributed by atoms with Crippen LogP contribution in [-0.4, -0.2) is 30.2 Å². The molecule has 0 fully saturated rings. The average Bonchev–Trinajstić information content (AvgIpc) is 3.64. The summed E-state index contributed by atoms with van der Waals surface area (Å²) in [5.41, 5.74) is 0.977. The van der Waals surface area contributed by atoms with E-state index in [0.717, 1.165) is 0 Å². The van der Waals surface area contributed by atoms with E-state index in [1.165, 1.54) is 70.0 Å². The molecule has 9 heteroatoms. The van der Waals surface area contributed by atoms with Crippen molar-refractivity contribution in [3.8, 4) is 0 Å². The molecule has 216 valence electrons. The van der Waals surface area contributed by atoms with E-state index >= 15 is 0 Å². The smallest absolute Gasteiger partial charge is 0.0809 e. The van der Waals surface area contributed by atoms with Crippen LogP contribution in [0, 0.1) is 13.8 Å². The summed E-state index contributed by atoms with van der Waals surface area (Å²) in [6, 6.07) is 41.5. The number of hydrogen-bond acceptors (Lipinski definition) is 6. The van der Waals surface area contributed by atoms with E-state index in [1.807, 2.05) is 0 Å². The van der Waals surface area contributed by atoms with Crippen LogP contribution >= 0.6 is 0 Å². The molecule has 0 aliphatic rings. The van der Waals surface area contributed by atoms with E-state index < -0.39 is 20.2 Å². The van der Waals surface area contributed by atoms with E-state index in [4.69, 9.17) is 0 Å². The van der Waals surface area contributed by atoms with Crippen LogP contribution in [0.15, 0.2) is 143 Å². The topological polar surface area (TPSA) is 114 Å². The summed E-state index contributed by atoms with van der Waals surface area (Å²) in [6.07, 6.45) is 0. The first-order valence-corrected chi connectivity index (χ1v) is 17.1. The maximum atomic E-state index is 10.5. The van der Waals surface area contributed by atoms with Crippen molar-refractivity contribution in [2.24, 2.45) is 0 Å². The Hall–Kier alpha value is -3.33. The Balaban J connectivity index is 0.000000192. The van der Waals surface area contributed by atoms with Crippen LogP contribution in [0.25, 0.3) is 21.5 Å². The monoisotopic (exact) mass is 676 g/mol. The van der Waals surface area contributed by atoms with Gasteiger partial charge in [0.15, 0.2) is 0 Å². The molecule has 42 heavy (non-hydrogen) atoms. The third-order valence-electron chi connectivity index (χ3n) is 5.82. The van der Waals surface area contributed by atoms with Crippen molar-refractivity contribution in [2.75, 3.05) is 0 Å². The first kappa shape index (κ1) is 34.9. The number of benzene rings is 4. The van der Waals surface area contributed by atoms with Crippen molar-refractivity contribution >= 4 is 46.0 Å². The van der Waals surface area contributed by atoms with Gasteiger partial charge >= 0.3 is 28.4 Å². The molecule has 0 amide bonds. The fraction of sp³-hybridized carbons (Fsp3) is 0.0606. The van der Waals surface area contributed by atoms with E-state index in [1.54, 1.807) is 38.1 Å². The van der Waals surface area contributed by atoms with Crippen LogP contribution in [0.5, 0.6) is 0 Å². The molecule has 0 radical (unpaired) electrons. The first-order valence-electron chi connectivity index (χ1n) is 12.6. The zero-order valence-electron chi connectivity index (χ0n) is 23.2. The molecular weight excluding hydrogens is 648 g/mol. The minimum absolute atomic E-state index is 0.139. The van der Waals surface area contributed by atoms with Gasteiger partial charge in [0.05, 0.1) is 9.79 Å². The number of hydrogen-bond donors (Lipinski definition) is 0. The third-order valence-corrected chi connectivity index (χ3v) is 7.81. The van der Waals surface area contributed by atoms with Crippen LogP contribution < -0.4 is 0 Å². The van der Waals surface area contributed by atoms with Crippen molar-refractivity contribution in [2.45, 2.75) is 23.6 Å². The summed E-state index contributed by atoms with van der Waals surface area (Å²) < 4.78 is 66.3. The van der Waals surface area contributed by atoms with Gasteiger partial charge in [0, 0.05) is 0 Å². The summed E-state index contributed by atoms with van der Waals surface area (Å²) in [4.78, 5) is -0.278. The van der Waals surface area contributed by atoms with Crippen LogP contribution in [-0.2, 0) is 44.5 Å². The predicted molar refractivity (Wildman–Crippen MR) is 164 cm³/mol. The number of aryl methyl sites for hydroxylation is 2. The normalized spacial score (nSPS) is 10.5. The zero-order valence-corrected chi connectivity index (χ0v) is 27.3. The average molecular weight is 678 g/mol. The number of fused-ring (bicyclic) bond motifs is 2. The largest absolute Gasteiger partial charge is 0.168 e. The van der Waals surface area contributed by atoms with Crippen LogP contribution in [0.2, 0.25) is 0 Å². The number of rotatable bonds is 2. The SMILES string of the molecule is Cc1ccccc1S(=O)(=O)[O-].Cc1ccccc1S(=O)(=O)[O-].[CH2]=[Zr+2].c1ccc2[cH-]ccc2c1.c1ccc2[cH-]ccc2c1. The molecule has 0 aliphatic carbocycles. The van der Waals surface area contributed by atoms with Gasteiger partial charge in [0.2, 0.25) is 0 Å². The van der Waals surface area contributed by atoms with Gasteiger partial charge in [-0.2, -0.15) is 35.0 Å². The summed E-state index contributed by atoms with van der Waals surface area (Å²) in [6.45, 7) is 3.18. The summed E-state index contributed by atoms with van der Waals surface area (Å²) in [5, 5.41) is 5.32. The molecule has 0 unspecified atom stereocenters. The van der Waals surface area contributed by atoms with E-state index in [9.17, 15) is 25.9 Å². The van der Waals surface area contributed by atoms with Gasteiger partial charge in [0.1, 0.15) is 20.2 Å². The van der Waals surface area contributed by atoms with Crippen molar-refractivity contribution in [3.05, 3.63) is 145 Å². The van der Waals surface area contributed by atoms with Crippen LogP contribution in [0.4, 0.5) is 0 Å². The Morgan fingerprint density at radius 2 is 0.833 bits per heavy atom. The van der Waals surface area contributed by atoms with Crippen molar-refractivity contribution in [3.63, 3.8) is 0 Å². The second-order valence-electron chi connectivity index (χ2n) is 8.75. The van der Waals surface area contributed by atoms with Gasteiger partial charge in [-0.1, -0.05) is 48.5 Å². The van der Waals surface area contributed by atoms with Gasteiger partial charge in [-0.05, 0) is 37.1 Å². The fourth-order valence-electron chi connectivity index (χ4n) is 3.81. The van der Waals surface area contributed by atoms with E-state index in [-0.39, 0.29) is 9.79 Å². The first-order chi connectivity index (χ1) is 20.0. The van der Waals surface area contributed by atoms with E-state index in [0.29, 0.717) is 11.1 Å². The Morgan fingerprint density at radius 3 is 1.12 bits per heavy atom. The standard InChI is InChI=1S/2C9H7.2C7H8O3S.CH2.Zr/c2*1-2-5-9-7-3-6-8(9)4-1;2*1-6-4-2-3-5-7(6)11(8,9)10;;/h2*1-7H;2*2-5H,1H3,(H,8,9,10);1H2;/q2*-1;;;;+2/p-2. The van der Waals surface area contributed by atoms with Crippen molar-refractivity contribution in [1.29, 1.82) is 0 Å². The third kappa shape index (κ3) is 11.2.